The fraction of sp³-hybridized carbons (Fsp3) is 0.0333. The summed E-state index contributed by atoms with van der Waals surface area (Å²) >= 11 is 0. The van der Waals surface area contributed by atoms with Crippen molar-refractivity contribution in [2.45, 2.75) is 13.1 Å². The van der Waals surface area contributed by atoms with Crippen molar-refractivity contribution < 1.29 is 4.42 Å². The van der Waals surface area contributed by atoms with E-state index in [1.807, 2.05) is 6.07 Å². The smallest absolute Gasteiger partial charge is 0.135 e. The largest absolute Gasteiger partial charge is 0.456 e. The molecule has 1 aliphatic rings. The monoisotopic (exact) mass is 836 g/mol. The third-order valence-corrected chi connectivity index (χ3v) is 16.8. The molecule has 0 N–H and O–H groups in total. The predicted octanol–water partition coefficient (Wildman–Crippen LogP) is 15.8. The highest BCUT2D eigenvalue weighted by Crippen LogP contribution is 2.48. The minimum Gasteiger partial charge on any atom is -0.456 e. The maximum absolute atomic E-state index is 6.35. The van der Waals surface area contributed by atoms with E-state index in [0.717, 1.165) is 56.1 Å². The minimum absolute atomic E-state index is 0.885. The first-order valence-electron chi connectivity index (χ1n) is 22.1. The number of para-hydroxylation sites is 4. The van der Waals surface area contributed by atoms with Gasteiger partial charge in [-0.3, -0.25) is 0 Å². The van der Waals surface area contributed by atoms with Gasteiger partial charge in [0.15, 0.2) is 0 Å². The molecular weight excluding hydrogens is 793 g/mol. The molecule has 1 aliphatic heterocycles. The Morgan fingerprint density at radius 3 is 1.59 bits per heavy atom. The van der Waals surface area contributed by atoms with E-state index in [0.29, 0.717) is 0 Å². The van der Waals surface area contributed by atoms with E-state index in [1.165, 1.54) is 54.5 Å². The summed E-state index contributed by atoms with van der Waals surface area (Å²) in [4.78, 5) is 4.91. The normalized spacial score (nSPS) is 12.7. The summed E-state index contributed by atoms with van der Waals surface area (Å²) in [5.41, 5.74) is 15.9. The molecule has 1 aromatic heterocycles. The van der Waals surface area contributed by atoms with E-state index in [1.54, 1.807) is 0 Å². The molecular formula is C60H44N2OSi. The van der Waals surface area contributed by atoms with Crippen molar-refractivity contribution in [2.24, 2.45) is 0 Å². The molecule has 304 valence electrons. The minimum atomic E-state index is -2.31. The summed E-state index contributed by atoms with van der Waals surface area (Å²) in [7, 11) is -2.31. The van der Waals surface area contributed by atoms with E-state index < -0.39 is 8.07 Å². The number of hydrogen-bond donors (Lipinski definition) is 0. The molecule has 0 unspecified atom stereocenters. The molecule has 12 rings (SSSR count). The van der Waals surface area contributed by atoms with Crippen LogP contribution in [0.15, 0.2) is 235 Å². The fourth-order valence-corrected chi connectivity index (χ4v) is 13.3. The summed E-state index contributed by atoms with van der Waals surface area (Å²) in [5.74, 6) is 0. The highest BCUT2D eigenvalue weighted by atomic mass is 28.3. The second kappa shape index (κ2) is 15.2. The Morgan fingerprint density at radius 1 is 0.328 bits per heavy atom. The van der Waals surface area contributed by atoms with Gasteiger partial charge in [-0.05, 0) is 105 Å². The quantitative estimate of drug-likeness (QED) is 0.142. The number of furan rings is 1. The lowest BCUT2D eigenvalue weighted by molar-refractivity contribution is 0.669. The van der Waals surface area contributed by atoms with Crippen molar-refractivity contribution in [3.8, 4) is 33.4 Å². The fourth-order valence-electron chi connectivity index (χ4n) is 10.2. The third-order valence-electron chi connectivity index (χ3n) is 13.2. The zero-order valence-electron chi connectivity index (χ0n) is 35.7. The van der Waals surface area contributed by atoms with Crippen LogP contribution in [-0.2, 0) is 0 Å². The lowest BCUT2D eigenvalue weighted by Gasteiger charge is -2.37. The van der Waals surface area contributed by atoms with Crippen molar-refractivity contribution in [3.05, 3.63) is 231 Å². The van der Waals surface area contributed by atoms with Crippen molar-refractivity contribution in [1.82, 2.24) is 0 Å². The van der Waals surface area contributed by atoms with Gasteiger partial charge >= 0.3 is 0 Å². The Kier molecular flexibility index (Phi) is 8.96. The lowest BCUT2D eigenvalue weighted by Crippen LogP contribution is -2.56. The average Bonchev–Trinajstić information content (AvgIpc) is 3.73. The van der Waals surface area contributed by atoms with E-state index >= 15 is 0 Å². The molecule has 10 aromatic carbocycles. The summed E-state index contributed by atoms with van der Waals surface area (Å²) < 4.78 is 6.35. The van der Waals surface area contributed by atoms with Crippen LogP contribution in [0, 0.1) is 0 Å². The highest BCUT2D eigenvalue weighted by molar-refractivity contribution is 7.03. The maximum atomic E-state index is 6.35. The molecule has 0 fully saturated rings. The van der Waals surface area contributed by atoms with Crippen LogP contribution in [0.3, 0.4) is 0 Å². The Morgan fingerprint density at radius 2 is 0.875 bits per heavy atom. The first-order chi connectivity index (χ1) is 31.5. The van der Waals surface area contributed by atoms with Gasteiger partial charge in [-0.2, -0.15) is 0 Å². The number of rotatable bonds is 8. The van der Waals surface area contributed by atoms with Crippen molar-refractivity contribution in [3.63, 3.8) is 0 Å². The summed E-state index contributed by atoms with van der Waals surface area (Å²) in [6, 6.07) is 83.9. The topological polar surface area (TPSA) is 19.6 Å². The molecule has 0 bridgehead atoms. The molecule has 0 spiro atoms. The average molecular weight is 837 g/mol. The summed E-state index contributed by atoms with van der Waals surface area (Å²) in [6.07, 6.45) is 0. The first-order valence-corrected chi connectivity index (χ1v) is 25.1. The second-order valence-electron chi connectivity index (χ2n) is 17.3. The van der Waals surface area contributed by atoms with E-state index in [4.69, 9.17) is 4.42 Å². The number of hydrogen-bond acceptors (Lipinski definition) is 3. The van der Waals surface area contributed by atoms with Gasteiger partial charge in [0.05, 0.1) is 17.1 Å². The van der Waals surface area contributed by atoms with Gasteiger partial charge in [0, 0.05) is 44.3 Å². The molecule has 0 atom stereocenters. The second-order valence-corrected chi connectivity index (χ2v) is 21.6. The van der Waals surface area contributed by atoms with Crippen LogP contribution in [0.1, 0.15) is 0 Å². The Bertz CT molecular complexity index is 3540. The van der Waals surface area contributed by atoms with Gasteiger partial charge < -0.3 is 14.2 Å². The molecule has 0 aliphatic carbocycles. The summed E-state index contributed by atoms with van der Waals surface area (Å²) in [6.45, 7) is 5.07. The van der Waals surface area contributed by atoms with Crippen molar-refractivity contribution >= 4 is 85.3 Å². The molecule has 2 heterocycles. The molecule has 4 heteroatoms. The molecule has 64 heavy (non-hydrogen) atoms. The molecule has 11 aromatic rings. The standard InChI is InChI=1S/C60H44N2OSi/c1-64(2)58-32-18-28-51-55(62(54-30-16-13-26-47(54)42-21-8-4-9-22-42)44-34-38-57-52(39-44)48-27-14-17-31-56(48)63-57)37-36-50(60(51)58)49-35-33-45(40-59(49)64)61(43-23-10-5-11-24-43)53-29-15-12-25-46(53)41-19-6-3-7-20-41/h3-40H,1-2H3. The van der Waals surface area contributed by atoms with Gasteiger partial charge in [-0.1, -0.05) is 177 Å². The van der Waals surface area contributed by atoms with Gasteiger partial charge in [-0.15, -0.1) is 0 Å². The van der Waals surface area contributed by atoms with Gasteiger partial charge in [0.2, 0.25) is 0 Å². The summed E-state index contributed by atoms with van der Waals surface area (Å²) in [5, 5.41) is 7.71. The zero-order valence-corrected chi connectivity index (χ0v) is 36.7. The predicted molar refractivity (Wildman–Crippen MR) is 274 cm³/mol. The van der Waals surface area contributed by atoms with Gasteiger partial charge in [0.1, 0.15) is 19.2 Å². The number of benzene rings is 10. The third kappa shape index (κ3) is 6.10. The van der Waals surface area contributed by atoms with Crippen LogP contribution in [0.4, 0.5) is 34.1 Å². The van der Waals surface area contributed by atoms with Crippen LogP contribution >= 0.6 is 0 Å². The number of anilines is 6. The molecule has 0 saturated heterocycles. The number of fused-ring (bicyclic) bond motifs is 5. The molecule has 0 saturated carbocycles. The number of nitrogens with zero attached hydrogens (tertiary/aromatic N) is 2. The zero-order chi connectivity index (χ0) is 42.8. The first kappa shape index (κ1) is 37.8. The Labute approximate surface area is 374 Å². The Hall–Kier alpha value is -7.92. The van der Waals surface area contributed by atoms with E-state index in [-0.39, 0.29) is 0 Å². The molecule has 3 nitrogen and oxygen atoms in total. The Balaban J connectivity index is 1.06. The van der Waals surface area contributed by atoms with Crippen LogP contribution < -0.4 is 20.2 Å². The van der Waals surface area contributed by atoms with Crippen molar-refractivity contribution in [2.75, 3.05) is 9.80 Å². The highest BCUT2D eigenvalue weighted by Gasteiger charge is 2.37. The van der Waals surface area contributed by atoms with E-state index in [2.05, 4.69) is 247 Å². The van der Waals surface area contributed by atoms with Crippen LogP contribution in [0.25, 0.3) is 66.1 Å². The maximum Gasteiger partial charge on any atom is 0.135 e. The molecule has 0 radical (unpaired) electrons. The SMILES string of the molecule is C[Si]1(C)c2cc(N(c3ccccc3)c3ccccc3-c3ccccc3)ccc2-c2ccc(N(c3ccc4oc5ccccc5c4c3)c3ccccc3-c3ccccc3)c3cccc1c23. The van der Waals surface area contributed by atoms with E-state index in [9.17, 15) is 0 Å². The lowest BCUT2D eigenvalue weighted by atomic mass is 9.94. The van der Waals surface area contributed by atoms with Gasteiger partial charge in [0.25, 0.3) is 0 Å². The van der Waals surface area contributed by atoms with Crippen molar-refractivity contribution in [1.29, 1.82) is 0 Å². The van der Waals surface area contributed by atoms with Crippen LogP contribution in [0.5, 0.6) is 0 Å². The van der Waals surface area contributed by atoms with Gasteiger partial charge in [-0.25, -0.2) is 0 Å². The molecule has 0 amide bonds. The van der Waals surface area contributed by atoms with Crippen LogP contribution in [0.2, 0.25) is 13.1 Å². The van der Waals surface area contributed by atoms with Crippen LogP contribution in [-0.4, -0.2) is 8.07 Å².